The number of aromatic nitrogens is 4. The Bertz CT molecular complexity index is 2110. The molecule has 7 rings (SSSR count). The van der Waals surface area contributed by atoms with Crippen molar-refractivity contribution in [3.8, 4) is 45.9 Å². The van der Waals surface area contributed by atoms with Crippen LogP contribution in [0.4, 0.5) is 5.69 Å². The van der Waals surface area contributed by atoms with Gasteiger partial charge in [0.15, 0.2) is 23.2 Å². The number of fused-ring (bicyclic) bond motifs is 3. The zero-order valence-corrected chi connectivity index (χ0v) is 21.7. The van der Waals surface area contributed by atoms with Gasteiger partial charge in [0.1, 0.15) is 6.07 Å². The average Bonchev–Trinajstić information content (AvgIpc) is 3.38. The number of benzene rings is 5. The van der Waals surface area contributed by atoms with Gasteiger partial charge in [-0.2, -0.15) is 5.26 Å². The summed E-state index contributed by atoms with van der Waals surface area (Å²) in [6.07, 6.45) is 0. The fourth-order valence-corrected chi connectivity index (χ4v) is 5.18. The second-order valence-corrected chi connectivity index (χ2v) is 9.55. The molecule has 0 aliphatic carbocycles. The molecule has 0 atom stereocenters. The third kappa shape index (κ3) is 4.17. The second kappa shape index (κ2) is 9.89. The molecule has 6 heteroatoms. The zero-order valence-electron chi connectivity index (χ0n) is 21.7. The molecular weight excluding hydrogens is 504 g/mol. The molecule has 0 aliphatic heterocycles. The van der Waals surface area contributed by atoms with Gasteiger partial charge < -0.3 is 4.57 Å². The van der Waals surface area contributed by atoms with Crippen molar-refractivity contribution in [2.24, 2.45) is 0 Å². The third-order valence-corrected chi connectivity index (χ3v) is 7.10. The number of rotatable bonds is 4. The quantitative estimate of drug-likeness (QED) is 0.217. The first-order valence-electron chi connectivity index (χ1n) is 13.1. The van der Waals surface area contributed by atoms with Crippen LogP contribution in [0.2, 0.25) is 0 Å². The van der Waals surface area contributed by atoms with Crippen molar-refractivity contribution in [3.05, 3.63) is 138 Å². The highest BCUT2D eigenvalue weighted by Gasteiger charge is 2.18. The van der Waals surface area contributed by atoms with Crippen molar-refractivity contribution < 1.29 is 0 Å². The van der Waals surface area contributed by atoms with E-state index in [1.165, 1.54) is 0 Å². The van der Waals surface area contributed by atoms with Crippen molar-refractivity contribution in [3.63, 3.8) is 0 Å². The van der Waals surface area contributed by atoms with Gasteiger partial charge >= 0.3 is 0 Å². The Hall–Kier alpha value is -6.11. The Kier molecular flexibility index (Phi) is 5.78. The molecule has 0 fully saturated rings. The average molecular weight is 525 g/mol. The number of nitriles is 1. The highest BCUT2D eigenvalue weighted by Crippen LogP contribution is 2.36. The SMILES string of the molecule is [C-]#[N+]c1ccc2c(c1)c1ccccc1n2-c1cc(-c2nc(-c3ccccc3)nc(-c3ccccc3)n2)ccc1C#N. The van der Waals surface area contributed by atoms with E-state index in [0.717, 1.165) is 44.2 Å². The Morgan fingerprint density at radius 2 is 1.17 bits per heavy atom. The molecule has 0 amide bonds. The van der Waals surface area contributed by atoms with Crippen LogP contribution in [-0.4, -0.2) is 19.5 Å². The summed E-state index contributed by atoms with van der Waals surface area (Å²) < 4.78 is 2.08. The molecule has 0 bridgehead atoms. The van der Waals surface area contributed by atoms with E-state index in [9.17, 15) is 5.26 Å². The molecule has 0 aliphatic rings. The van der Waals surface area contributed by atoms with Gasteiger partial charge in [0.25, 0.3) is 0 Å². The minimum absolute atomic E-state index is 0.513. The molecule has 2 heterocycles. The summed E-state index contributed by atoms with van der Waals surface area (Å²) in [5.41, 5.74) is 6.21. The Morgan fingerprint density at radius 1 is 0.585 bits per heavy atom. The summed E-state index contributed by atoms with van der Waals surface area (Å²) in [4.78, 5) is 18.2. The van der Waals surface area contributed by atoms with Crippen molar-refractivity contribution in [1.29, 1.82) is 5.26 Å². The third-order valence-electron chi connectivity index (χ3n) is 7.10. The molecule has 7 aromatic rings. The van der Waals surface area contributed by atoms with E-state index in [0.29, 0.717) is 28.7 Å². The Morgan fingerprint density at radius 3 is 1.80 bits per heavy atom. The minimum Gasteiger partial charge on any atom is -0.308 e. The van der Waals surface area contributed by atoms with E-state index >= 15 is 0 Å². The van der Waals surface area contributed by atoms with E-state index in [4.69, 9.17) is 21.5 Å². The van der Waals surface area contributed by atoms with E-state index in [2.05, 4.69) is 15.5 Å². The molecule has 2 aromatic heterocycles. The van der Waals surface area contributed by atoms with Gasteiger partial charge in [0.2, 0.25) is 0 Å². The maximum Gasteiger partial charge on any atom is 0.188 e. The molecular formula is C35H20N6. The highest BCUT2D eigenvalue weighted by molar-refractivity contribution is 6.10. The highest BCUT2D eigenvalue weighted by atomic mass is 15.0. The van der Waals surface area contributed by atoms with Crippen molar-refractivity contribution in [2.75, 3.05) is 0 Å². The van der Waals surface area contributed by atoms with E-state index in [1.807, 2.05) is 121 Å². The first-order chi connectivity index (χ1) is 20.2. The van der Waals surface area contributed by atoms with Crippen LogP contribution in [0.5, 0.6) is 0 Å². The molecule has 0 spiro atoms. The summed E-state index contributed by atoms with van der Waals surface area (Å²) >= 11 is 0. The van der Waals surface area contributed by atoms with Crippen molar-refractivity contribution in [2.45, 2.75) is 0 Å². The van der Waals surface area contributed by atoms with Crippen LogP contribution in [0.1, 0.15) is 5.56 Å². The molecule has 0 unspecified atom stereocenters. The maximum atomic E-state index is 10.1. The zero-order chi connectivity index (χ0) is 27.8. The predicted molar refractivity (Wildman–Crippen MR) is 161 cm³/mol. The monoisotopic (exact) mass is 524 g/mol. The van der Waals surface area contributed by atoms with Gasteiger partial charge in [-0.15, -0.1) is 0 Å². The summed E-state index contributed by atoms with van der Waals surface area (Å²) in [5, 5.41) is 12.1. The second-order valence-electron chi connectivity index (χ2n) is 9.55. The lowest BCUT2D eigenvalue weighted by molar-refractivity contribution is 1.07. The summed E-state index contributed by atoms with van der Waals surface area (Å²) in [7, 11) is 0. The lowest BCUT2D eigenvalue weighted by atomic mass is 10.1. The van der Waals surface area contributed by atoms with Crippen LogP contribution in [0.15, 0.2) is 121 Å². The first kappa shape index (κ1) is 24.0. The summed E-state index contributed by atoms with van der Waals surface area (Å²) in [5.74, 6) is 1.66. The normalized spacial score (nSPS) is 10.9. The van der Waals surface area contributed by atoms with Gasteiger partial charge in [-0.1, -0.05) is 84.9 Å². The van der Waals surface area contributed by atoms with Gasteiger partial charge in [0.05, 0.1) is 28.9 Å². The van der Waals surface area contributed by atoms with Crippen LogP contribution in [0.25, 0.3) is 66.5 Å². The lowest BCUT2D eigenvalue weighted by Crippen LogP contribution is -2.02. The molecule has 41 heavy (non-hydrogen) atoms. The number of hydrogen-bond acceptors (Lipinski definition) is 4. The number of nitrogens with zero attached hydrogens (tertiary/aromatic N) is 6. The topological polar surface area (TPSA) is 71.8 Å². The summed E-state index contributed by atoms with van der Waals surface area (Å²) in [6, 6.07) is 41.4. The Labute approximate surface area is 236 Å². The lowest BCUT2D eigenvalue weighted by Gasteiger charge is -2.13. The van der Waals surface area contributed by atoms with Crippen molar-refractivity contribution >= 4 is 27.5 Å². The van der Waals surface area contributed by atoms with Crippen LogP contribution in [0, 0.1) is 17.9 Å². The molecule has 0 saturated heterocycles. The van der Waals surface area contributed by atoms with E-state index in [-0.39, 0.29) is 0 Å². The minimum atomic E-state index is 0.513. The van der Waals surface area contributed by atoms with E-state index < -0.39 is 0 Å². The van der Waals surface area contributed by atoms with Gasteiger partial charge in [-0.3, -0.25) is 0 Å². The largest absolute Gasteiger partial charge is 0.308 e. The summed E-state index contributed by atoms with van der Waals surface area (Å²) in [6.45, 7) is 7.50. The van der Waals surface area contributed by atoms with Crippen LogP contribution >= 0.6 is 0 Å². The number of hydrogen-bond donors (Lipinski definition) is 0. The standard InChI is InChI=1S/C35H20N6/c1-37-27-18-19-31-29(21-27)28-14-8-9-15-30(28)41(31)32-20-25(16-17-26(32)22-36)35-39-33(23-10-4-2-5-11-23)38-34(40-35)24-12-6-3-7-13-24/h2-21H. The molecule has 5 aromatic carbocycles. The molecule has 0 radical (unpaired) electrons. The molecule has 0 saturated carbocycles. The van der Waals surface area contributed by atoms with Crippen LogP contribution < -0.4 is 0 Å². The number of para-hydroxylation sites is 1. The molecule has 190 valence electrons. The van der Waals surface area contributed by atoms with Gasteiger partial charge in [-0.25, -0.2) is 19.8 Å². The van der Waals surface area contributed by atoms with Crippen LogP contribution in [-0.2, 0) is 0 Å². The van der Waals surface area contributed by atoms with Crippen molar-refractivity contribution in [1.82, 2.24) is 19.5 Å². The molecule has 0 N–H and O–H groups in total. The Balaban J connectivity index is 1.49. The first-order valence-corrected chi connectivity index (χ1v) is 13.1. The van der Waals surface area contributed by atoms with Gasteiger partial charge in [0, 0.05) is 22.1 Å². The smallest absolute Gasteiger partial charge is 0.188 e. The van der Waals surface area contributed by atoms with E-state index in [1.54, 1.807) is 0 Å². The fraction of sp³-hybridized carbons (Fsp3) is 0. The predicted octanol–water partition coefficient (Wildman–Crippen LogP) is 8.39. The van der Waals surface area contributed by atoms with Gasteiger partial charge in [-0.05, 0) is 41.8 Å². The van der Waals surface area contributed by atoms with Crippen LogP contribution in [0.3, 0.4) is 0 Å². The molecule has 6 nitrogen and oxygen atoms in total. The fourth-order valence-electron chi connectivity index (χ4n) is 5.18. The maximum absolute atomic E-state index is 10.1.